The van der Waals surface area contributed by atoms with Crippen LogP contribution in [0.1, 0.15) is 11.1 Å². The van der Waals surface area contributed by atoms with Gasteiger partial charge in [-0.15, -0.1) is 13.2 Å². The first-order chi connectivity index (χ1) is 13.6. The second kappa shape index (κ2) is 9.92. The van der Waals surface area contributed by atoms with E-state index in [0.29, 0.717) is 11.3 Å². The van der Waals surface area contributed by atoms with Gasteiger partial charge in [-0.05, 0) is 49.5 Å². The molecule has 0 fully saturated rings. The van der Waals surface area contributed by atoms with Crippen LogP contribution in [-0.2, 0) is 22.6 Å². The molecule has 2 N–H and O–H groups in total. The number of rotatable bonds is 8. The molecule has 0 aliphatic heterocycles. The lowest BCUT2D eigenvalue weighted by Gasteiger charge is -2.11. The molecule has 0 radical (unpaired) electrons. The van der Waals surface area contributed by atoms with E-state index in [1.165, 1.54) is 12.1 Å². The van der Waals surface area contributed by atoms with Crippen LogP contribution in [0.15, 0.2) is 48.5 Å². The fourth-order valence-electron chi connectivity index (χ4n) is 2.50. The Balaban J connectivity index is 1.84. The summed E-state index contributed by atoms with van der Waals surface area (Å²) in [7, 11) is 3.59. The number of amides is 2. The fraction of sp³-hybridized carbons (Fsp3) is 0.300. The molecular weight excluding hydrogens is 387 g/mol. The van der Waals surface area contributed by atoms with E-state index in [-0.39, 0.29) is 37.1 Å². The summed E-state index contributed by atoms with van der Waals surface area (Å²) < 4.78 is 40.3. The van der Waals surface area contributed by atoms with Crippen molar-refractivity contribution >= 4 is 17.5 Å². The van der Waals surface area contributed by atoms with Crippen LogP contribution >= 0.6 is 0 Å². The van der Waals surface area contributed by atoms with E-state index < -0.39 is 6.36 Å². The Morgan fingerprint density at radius 2 is 1.69 bits per heavy atom. The van der Waals surface area contributed by atoms with Crippen LogP contribution in [-0.4, -0.2) is 43.7 Å². The van der Waals surface area contributed by atoms with E-state index in [4.69, 9.17) is 0 Å². The third-order valence-electron chi connectivity index (χ3n) is 3.68. The van der Waals surface area contributed by atoms with Gasteiger partial charge in [0.2, 0.25) is 11.8 Å². The normalized spacial score (nSPS) is 11.2. The molecule has 0 bridgehead atoms. The van der Waals surface area contributed by atoms with E-state index in [1.807, 2.05) is 6.07 Å². The SMILES string of the molecule is CN(C)CC(=O)Nc1cccc(CNC(=O)Cc2ccc(OC(F)(F)F)cc2)c1. The Hall–Kier alpha value is -3.07. The van der Waals surface area contributed by atoms with Crippen molar-refractivity contribution in [1.29, 1.82) is 0 Å². The minimum atomic E-state index is -4.75. The highest BCUT2D eigenvalue weighted by molar-refractivity contribution is 5.92. The van der Waals surface area contributed by atoms with Crippen molar-refractivity contribution in [3.8, 4) is 5.75 Å². The van der Waals surface area contributed by atoms with Crippen LogP contribution in [0.4, 0.5) is 18.9 Å². The van der Waals surface area contributed by atoms with Gasteiger partial charge in [-0.2, -0.15) is 0 Å². The van der Waals surface area contributed by atoms with E-state index in [9.17, 15) is 22.8 Å². The molecule has 2 amide bonds. The zero-order valence-corrected chi connectivity index (χ0v) is 16.0. The van der Waals surface area contributed by atoms with E-state index in [1.54, 1.807) is 37.2 Å². The van der Waals surface area contributed by atoms with Crippen LogP contribution < -0.4 is 15.4 Å². The molecule has 0 aromatic heterocycles. The number of hydrogen-bond donors (Lipinski definition) is 2. The molecule has 2 rings (SSSR count). The van der Waals surface area contributed by atoms with Crippen molar-refractivity contribution in [1.82, 2.24) is 10.2 Å². The van der Waals surface area contributed by atoms with Crippen molar-refractivity contribution in [2.45, 2.75) is 19.3 Å². The molecule has 0 heterocycles. The fourth-order valence-corrected chi connectivity index (χ4v) is 2.50. The number of alkyl halides is 3. The summed E-state index contributed by atoms with van der Waals surface area (Å²) in [4.78, 5) is 25.6. The Kier molecular flexibility index (Phi) is 7.60. The van der Waals surface area contributed by atoms with Gasteiger partial charge in [0, 0.05) is 12.2 Å². The molecule has 0 saturated carbocycles. The van der Waals surface area contributed by atoms with Crippen molar-refractivity contribution in [2.75, 3.05) is 26.0 Å². The molecule has 156 valence electrons. The minimum absolute atomic E-state index is 0.0194. The number of ether oxygens (including phenoxy) is 1. The summed E-state index contributed by atoms with van der Waals surface area (Å²) in [6.45, 7) is 0.513. The lowest BCUT2D eigenvalue weighted by atomic mass is 10.1. The summed E-state index contributed by atoms with van der Waals surface area (Å²) in [6.07, 6.45) is -4.73. The Morgan fingerprint density at radius 3 is 2.31 bits per heavy atom. The van der Waals surface area contributed by atoms with Crippen molar-refractivity contribution < 1.29 is 27.5 Å². The standard InChI is InChI=1S/C20H22F3N3O3/c1-26(2)13-19(28)25-16-5-3-4-15(10-16)12-24-18(27)11-14-6-8-17(9-7-14)29-20(21,22)23/h3-10H,11-13H2,1-2H3,(H,24,27)(H,25,28). The van der Waals surface area contributed by atoms with Crippen LogP contribution in [0, 0.1) is 0 Å². The summed E-state index contributed by atoms with van der Waals surface area (Å²) >= 11 is 0. The maximum Gasteiger partial charge on any atom is 0.573 e. The first kappa shape index (κ1) is 22.2. The van der Waals surface area contributed by atoms with E-state index in [2.05, 4.69) is 15.4 Å². The summed E-state index contributed by atoms with van der Waals surface area (Å²) in [6, 6.07) is 12.2. The number of anilines is 1. The van der Waals surface area contributed by atoms with Gasteiger partial charge < -0.3 is 20.3 Å². The zero-order valence-electron chi connectivity index (χ0n) is 16.0. The van der Waals surface area contributed by atoms with E-state index in [0.717, 1.165) is 17.7 Å². The average Bonchev–Trinajstić information content (AvgIpc) is 2.60. The van der Waals surface area contributed by atoms with Gasteiger partial charge in [0.05, 0.1) is 13.0 Å². The zero-order chi connectivity index (χ0) is 21.4. The molecule has 0 atom stereocenters. The van der Waals surface area contributed by atoms with Crippen molar-refractivity contribution in [3.63, 3.8) is 0 Å². The molecule has 0 spiro atoms. The first-order valence-electron chi connectivity index (χ1n) is 8.75. The number of benzene rings is 2. The lowest BCUT2D eigenvalue weighted by Crippen LogP contribution is -2.27. The van der Waals surface area contributed by atoms with Gasteiger partial charge in [-0.3, -0.25) is 9.59 Å². The summed E-state index contributed by atoms with van der Waals surface area (Å²) in [5, 5.41) is 5.52. The number of halogens is 3. The highest BCUT2D eigenvalue weighted by Gasteiger charge is 2.30. The van der Waals surface area contributed by atoms with Crippen molar-refractivity contribution in [3.05, 3.63) is 59.7 Å². The minimum Gasteiger partial charge on any atom is -0.406 e. The molecule has 2 aromatic rings. The van der Waals surface area contributed by atoms with Gasteiger partial charge in [0.1, 0.15) is 5.75 Å². The maximum atomic E-state index is 12.2. The van der Waals surface area contributed by atoms with Gasteiger partial charge >= 0.3 is 6.36 Å². The molecule has 6 nitrogen and oxygen atoms in total. The van der Waals surface area contributed by atoms with Crippen molar-refractivity contribution in [2.24, 2.45) is 0 Å². The quantitative estimate of drug-likeness (QED) is 0.703. The Morgan fingerprint density at radius 1 is 1.00 bits per heavy atom. The van der Waals surface area contributed by atoms with Crippen LogP contribution in [0.5, 0.6) is 5.75 Å². The van der Waals surface area contributed by atoms with Gasteiger partial charge in [-0.1, -0.05) is 24.3 Å². The third kappa shape index (κ3) is 8.65. The molecule has 0 aliphatic carbocycles. The number of carbonyl (C=O) groups excluding carboxylic acids is 2. The second-order valence-electron chi connectivity index (χ2n) is 6.63. The molecule has 0 saturated heterocycles. The Bertz CT molecular complexity index is 837. The molecular formula is C20H22F3N3O3. The highest BCUT2D eigenvalue weighted by atomic mass is 19.4. The Labute approximate surface area is 166 Å². The molecule has 2 aromatic carbocycles. The molecule has 0 aliphatic rings. The monoisotopic (exact) mass is 409 g/mol. The average molecular weight is 409 g/mol. The number of likely N-dealkylation sites (N-methyl/N-ethyl adjacent to an activating group) is 1. The van der Waals surface area contributed by atoms with E-state index >= 15 is 0 Å². The lowest BCUT2D eigenvalue weighted by molar-refractivity contribution is -0.274. The van der Waals surface area contributed by atoms with Crippen LogP contribution in [0.2, 0.25) is 0 Å². The van der Waals surface area contributed by atoms with Gasteiger partial charge in [0.15, 0.2) is 0 Å². The molecule has 0 unspecified atom stereocenters. The number of carbonyl (C=O) groups is 2. The highest BCUT2D eigenvalue weighted by Crippen LogP contribution is 2.22. The van der Waals surface area contributed by atoms with Gasteiger partial charge in [-0.25, -0.2) is 0 Å². The van der Waals surface area contributed by atoms with Gasteiger partial charge in [0.25, 0.3) is 0 Å². The number of nitrogens with one attached hydrogen (secondary N) is 2. The van der Waals surface area contributed by atoms with Crippen LogP contribution in [0.25, 0.3) is 0 Å². The topological polar surface area (TPSA) is 70.7 Å². The third-order valence-corrected chi connectivity index (χ3v) is 3.68. The molecule has 29 heavy (non-hydrogen) atoms. The van der Waals surface area contributed by atoms with Crippen LogP contribution in [0.3, 0.4) is 0 Å². The number of nitrogens with zero attached hydrogens (tertiary/aromatic N) is 1. The first-order valence-corrected chi connectivity index (χ1v) is 8.75. The smallest absolute Gasteiger partial charge is 0.406 e. The predicted octanol–water partition coefficient (Wildman–Crippen LogP) is 2.94. The predicted molar refractivity (Wildman–Crippen MR) is 102 cm³/mol. The second-order valence-corrected chi connectivity index (χ2v) is 6.63. The largest absolute Gasteiger partial charge is 0.573 e. The number of hydrogen-bond acceptors (Lipinski definition) is 4. The molecule has 9 heteroatoms. The maximum absolute atomic E-state index is 12.2. The summed E-state index contributed by atoms with van der Waals surface area (Å²) in [5.41, 5.74) is 1.99. The summed E-state index contributed by atoms with van der Waals surface area (Å²) in [5.74, 6) is -0.763.